The molecule has 1 fully saturated rings. The van der Waals surface area contributed by atoms with Crippen molar-refractivity contribution in [2.75, 3.05) is 13.7 Å². The molecule has 5 heteroatoms. The van der Waals surface area contributed by atoms with E-state index in [0.29, 0.717) is 0 Å². The Hall–Kier alpha value is -1.49. The third-order valence-electron chi connectivity index (χ3n) is 4.35. The number of ether oxygens (including phenoxy) is 2. The average Bonchev–Trinajstić information content (AvgIpc) is 2.46. The lowest BCUT2D eigenvalue weighted by Crippen LogP contribution is -2.64. The smallest absolute Gasteiger partial charge is 0.184 e. The molecular weight excluding hydrogens is 284 g/mol. The maximum atomic E-state index is 6.31. The number of methoxy groups -OCH3 is 1. The number of unbranched alkanes of at least 4 members (excludes halogenated alkanes) is 1. The third kappa shape index (κ3) is 2.44. The van der Waals surface area contributed by atoms with Gasteiger partial charge in [0.25, 0.3) is 0 Å². The molecule has 114 valence electrons. The van der Waals surface area contributed by atoms with Crippen LogP contribution in [0.25, 0.3) is 0 Å². The molecule has 0 radical (unpaired) electrons. The maximum absolute atomic E-state index is 6.31. The van der Waals surface area contributed by atoms with Crippen molar-refractivity contribution in [2.24, 2.45) is 0 Å². The van der Waals surface area contributed by atoms with E-state index in [-0.39, 0.29) is 11.8 Å². The summed E-state index contributed by atoms with van der Waals surface area (Å²) >= 11 is 5.56. The summed E-state index contributed by atoms with van der Waals surface area (Å²) in [5.41, 5.74) is 0.772. The Morgan fingerprint density at radius 1 is 1.52 bits per heavy atom. The lowest BCUT2D eigenvalue weighted by molar-refractivity contribution is -0.0685. The summed E-state index contributed by atoms with van der Waals surface area (Å²) < 4.78 is 11.6. The minimum atomic E-state index is -0.357. The van der Waals surface area contributed by atoms with Crippen LogP contribution in [-0.2, 0) is 0 Å². The fourth-order valence-corrected chi connectivity index (χ4v) is 3.60. The van der Waals surface area contributed by atoms with E-state index in [9.17, 15) is 0 Å². The van der Waals surface area contributed by atoms with Crippen LogP contribution in [0.3, 0.4) is 0 Å². The molecule has 21 heavy (non-hydrogen) atoms. The standard InChI is InChI=1S/C16H22N2O2S/c1-4-5-8-18-15(21)17-13-10-16(18,2)20-14-7-6-11(19-3)9-12(13)14/h6-7,9,13H,4-5,8,10H2,1-3H3,(H,17,21). The zero-order valence-corrected chi connectivity index (χ0v) is 13.6. The largest absolute Gasteiger partial charge is 0.497 e. The van der Waals surface area contributed by atoms with Crippen molar-refractivity contribution in [3.05, 3.63) is 23.8 Å². The van der Waals surface area contributed by atoms with Crippen LogP contribution < -0.4 is 14.8 Å². The number of nitrogens with one attached hydrogen (secondary N) is 1. The van der Waals surface area contributed by atoms with Crippen LogP contribution in [0.15, 0.2) is 18.2 Å². The number of nitrogens with zero attached hydrogens (tertiary/aromatic N) is 1. The second-order valence-corrected chi connectivity index (χ2v) is 6.28. The summed E-state index contributed by atoms with van der Waals surface area (Å²) in [6.45, 7) is 5.25. The fourth-order valence-electron chi connectivity index (χ4n) is 3.18. The van der Waals surface area contributed by atoms with Crippen molar-refractivity contribution in [3.8, 4) is 11.5 Å². The zero-order valence-electron chi connectivity index (χ0n) is 12.8. The molecule has 0 saturated carbocycles. The molecule has 2 unspecified atom stereocenters. The van der Waals surface area contributed by atoms with Crippen LogP contribution in [0.1, 0.15) is 44.7 Å². The summed E-state index contributed by atoms with van der Waals surface area (Å²) in [6.07, 6.45) is 3.14. The molecule has 1 saturated heterocycles. The molecule has 0 aromatic heterocycles. The van der Waals surface area contributed by atoms with Gasteiger partial charge in [-0.3, -0.25) is 0 Å². The molecule has 1 N–H and O–H groups in total. The van der Waals surface area contributed by atoms with E-state index >= 15 is 0 Å². The van der Waals surface area contributed by atoms with Crippen molar-refractivity contribution >= 4 is 17.3 Å². The molecule has 3 rings (SSSR count). The Bertz CT molecular complexity index is 563. The molecule has 1 aromatic carbocycles. The first-order valence-corrected chi connectivity index (χ1v) is 7.93. The minimum Gasteiger partial charge on any atom is -0.497 e. The first kappa shape index (κ1) is 14.4. The van der Waals surface area contributed by atoms with Crippen LogP contribution in [0.4, 0.5) is 0 Å². The summed E-state index contributed by atoms with van der Waals surface area (Å²) in [6, 6.07) is 6.17. The lowest BCUT2D eigenvalue weighted by Gasteiger charge is -2.52. The zero-order chi connectivity index (χ0) is 15.0. The van der Waals surface area contributed by atoms with Crippen molar-refractivity contribution in [3.63, 3.8) is 0 Å². The molecule has 2 aliphatic heterocycles. The van der Waals surface area contributed by atoms with Crippen LogP contribution in [0.2, 0.25) is 0 Å². The van der Waals surface area contributed by atoms with Gasteiger partial charge in [-0.15, -0.1) is 0 Å². The number of fused-ring (bicyclic) bond motifs is 4. The van der Waals surface area contributed by atoms with E-state index in [1.54, 1.807) is 7.11 Å². The van der Waals surface area contributed by atoms with Gasteiger partial charge in [0.2, 0.25) is 0 Å². The highest BCUT2D eigenvalue weighted by atomic mass is 32.1. The number of hydrogen-bond acceptors (Lipinski definition) is 3. The Kier molecular flexibility index (Phi) is 3.69. The monoisotopic (exact) mass is 306 g/mol. The maximum Gasteiger partial charge on any atom is 0.184 e. The lowest BCUT2D eigenvalue weighted by atomic mass is 9.90. The summed E-state index contributed by atoms with van der Waals surface area (Å²) in [5.74, 6) is 1.77. The predicted molar refractivity (Wildman–Crippen MR) is 86.7 cm³/mol. The SMILES string of the molecule is CCCCN1C(=S)NC2CC1(C)Oc1ccc(OC)cc12. The normalized spacial score (nSPS) is 26.7. The van der Waals surface area contributed by atoms with E-state index in [1.807, 2.05) is 18.2 Å². The van der Waals surface area contributed by atoms with Gasteiger partial charge in [0.1, 0.15) is 11.5 Å². The Morgan fingerprint density at radius 3 is 3.05 bits per heavy atom. The third-order valence-corrected chi connectivity index (χ3v) is 4.69. The predicted octanol–water partition coefficient (Wildman–Crippen LogP) is 3.23. The molecule has 2 bridgehead atoms. The molecule has 2 aliphatic rings. The van der Waals surface area contributed by atoms with Gasteiger partial charge in [0.15, 0.2) is 10.8 Å². The molecule has 1 aromatic rings. The van der Waals surface area contributed by atoms with Crippen molar-refractivity contribution in [1.82, 2.24) is 10.2 Å². The Balaban J connectivity index is 1.94. The molecular formula is C16H22N2O2S. The quantitative estimate of drug-likeness (QED) is 0.864. The van der Waals surface area contributed by atoms with E-state index in [0.717, 1.165) is 48.0 Å². The Morgan fingerprint density at radius 2 is 2.33 bits per heavy atom. The van der Waals surface area contributed by atoms with E-state index in [4.69, 9.17) is 21.7 Å². The number of benzene rings is 1. The van der Waals surface area contributed by atoms with Gasteiger partial charge in [-0.2, -0.15) is 0 Å². The molecule has 0 spiro atoms. The average molecular weight is 306 g/mol. The molecule has 0 amide bonds. The Labute approximate surface area is 131 Å². The summed E-state index contributed by atoms with van der Waals surface area (Å²) in [4.78, 5) is 2.19. The van der Waals surface area contributed by atoms with Crippen LogP contribution in [-0.4, -0.2) is 29.4 Å². The minimum absolute atomic E-state index is 0.194. The van der Waals surface area contributed by atoms with Gasteiger partial charge in [0.05, 0.1) is 13.2 Å². The molecule has 0 aliphatic carbocycles. The molecule has 2 atom stereocenters. The second-order valence-electron chi connectivity index (χ2n) is 5.89. The highest BCUT2D eigenvalue weighted by Gasteiger charge is 2.47. The van der Waals surface area contributed by atoms with Gasteiger partial charge >= 0.3 is 0 Å². The number of rotatable bonds is 4. The van der Waals surface area contributed by atoms with Gasteiger partial charge < -0.3 is 19.7 Å². The van der Waals surface area contributed by atoms with E-state index in [2.05, 4.69) is 24.1 Å². The van der Waals surface area contributed by atoms with Crippen molar-refractivity contribution in [2.45, 2.75) is 44.9 Å². The van der Waals surface area contributed by atoms with Gasteiger partial charge in [-0.1, -0.05) is 13.3 Å². The fraction of sp³-hybridized carbons (Fsp3) is 0.562. The first-order valence-electron chi connectivity index (χ1n) is 7.52. The van der Waals surface area contributed by atoms with Gasteiger partial charge in [0, 0.05) is 18.5 Å². The van der Waals surface area contributed by atoms with Crippen LogP contribution >= 0.6 is 12.2 Å². The number of thiocarbonyl (C=S) groups is 1. The number of hydrogen-bond donors (Lipinski definition) is 1. The summed E-state index contributed by atoms with van der Waals surface area (Å²) in [5, 5.41) is 4.25. The van der Waals surface area contributed by atoms with Crippen LogP contribution in [0.5, 0.6) is 11.5 Å². The highest BCUT2D eigenvalue weighted by molar-refractivity contribution is 7.80. The second kappa shape index (κ2) is 5.37. The van der Waals surface area contributed by atoms with Gasteiger partial charge in [-0.05, 0) is 43.8 Å². The summed E-state index contributed by atoms with van der Waals surface area (Å²) in [7, 11) is 1.68. The first-order chi connectivity index (χ1) is 10.1. The van der Waals surface area contributed by atoms with E-state index in [1.165, 1.54) is 0 Å². The van der Waals surface area contributed by atoms with Crippen molar-refractivity contribution < 1.29 is 9.47 Å². The van der Waals surface area contributed by atoms with Crippen LogP contribution in [0, 0.1) is 0 Å². The van der Waals surface area contributed by atoms with Gasteiger partial charge in [-0.25, -0.2) is 0 Å². The topological polar surface area (TPSA) is 33.7 Å². The van der Waals surface area contributed by atoms with E-state index < -0.39 is 0 Å². The molecule has 4 nitrogen and oxygen atoms in total. The highest BCUT2D eigenvalue weighted by Crippen LogP contribution is 2.45. The van der Waals surface area contributed by atoms with Crippen molar-refractivity contribution in [1.29, 1.82) is 0 Å². The molecule has 2 heterocycles.